The molecule has 2 saturated heterocycles. The van der Waals surface area contributed by atoms with Gasteiger partial charge in [-0.05, 0) is 49.5 Å². The van der Waals surface area contributed by atoms with Gasteiger partial charge in [0.1, 0.15) is 5.82 Å². The molecule has 0 aliphatic carbocycles. The molecule has 0 spiro atoms. The van der Waals surface area contributed by atoms with E-state index in [0.717, 1.165) is 36.4 Å². The van der Waals surface area contributed by atoms with Crippen LogP contribution in [-0.4, -0.2) is 42.9 Å². The molecule has 120 valence electrons. The second-order valence-electron chi connectivity index (χ2n) is 6.10. The Bertz CT molecular complexity index is 571. The molecule has 2 aliphatic rings. The van der Waals surface area contributed by atoms with Gasteiger partial charge in [0, 0.05) is 13.0 Å². The van der Waals surface area contributed by atoms with Crippen molar-refractivity contribution in [3.63, 3.8) is 0 Å². The number of halogens is 3. The minimum Gasteiger partial charge on any atom is -0.332 e. The highest BCUT2D eigenvalue weighted by Crippen LogP contribution is 2.30. The lowest BCUT2D eigenvalue weighted by atomic mass is 9.89. The summed E-state index contributed by atoms with van der Waals surface area (Å²) in [7, 11) is 0. The third-order valence-corrected chi connectivity index (χ3v) is 4.49. The van der Waals surface area contributed by atoms with Gasteiger partial charge in [-0.1, -0.05) is 6.07 Å². The van der Waals surface area contributed by atoms with Gasteiger partial charge in [0.05, 0.1) is 12.1 Å². The topological polar surface area (TPSA) is 32.3 Å². The molecule has 0 saturated carbocycles. The third kappa shape index (κ3) is 3.11. The molecule has 1 N–H and O–H groups in total. The summed E-state index contributed by atoms with van der Waals surface area (Å²) in [5.74, 6) is -3.85. The molecule has 0 atom stereocenters. The van der Waals surface area contributed by atoms with Crippen LogP contribution in [0, 0.1) is 5.82 Å². The number of nitrogens with one attached hydrogen (secondary N) is 1. The molecule has 0 bridgehead atoms. The maximum absolute atomic E-state index is 14.0. The number of hydrogen-bond acceptors (Lipinski definition) is 2. The zero-order valence-electron chi connectivity index (χ0n) is 12.2. The van der Waals surface area contributed by atoms with E-state index in [0.29, 0.717) is 0 Å². The molecule has 0 unspecified atom stereocenters. The van der Waals surface area contributed by atoms with E-state index in [2.05, 4.69) is 5.32 Å². The number of carbonyl (C=O) groups excluding carboxylic acids is 1. The summed E-state index contributed by atoms with van der Waals surface area (Å²) in [6.07, 6.45) is 1.51. The van der Waals surface area contributed by atoms with Gasteiger partial charge >= 0.3 is 0 Å². The van der Waals surface area contributed by atoms with Gasteiger partial charge < -0.3 is 10.2 Å². The van der Waals surface area contributed by atoms with Crippen LogP contribution in [0.15, 0.2) is 18.2 Å². The summed E-state index contributed by atoms with van der Waals surface area (Å²) >= 11 is 0. The first-order valence-corrected chi connectivity index (χ1v) is 7.63. The van der Waals surface area contributed by atoms with E-state index in [-0.39, 0.29) is 24.4 Å². The van der Waals surface area contributed by atoms with Gasteiger partial charge in [-0.25, -0.2) is 13.2 Å². The Morgan fingerprint density at radius 1 is 1.27 bits per heavy atom. The quantitative estimate of drug-likeness (QED) is 0.911. The van der Waals surface area contributed by atoms with Crippen molar-refractivity contribution in [2.45, 2.75) is 31.1 Å². The Kier molecular flexibility index (Phi) is 4.12. The summed E-state index contributed by atoms with van der Waals surface area (Å²) in [4.78, 5) is 13.4. The predicted octanol–water partition coefficient (Wildman–Crippen LogP) is 2.77. The SMILES string of the molecule is O=C(c1cc(C2CCNCC2)ccc1F)N1CCC(F)(F)C1. The van der Waals surface area contributed by atoms with E-state index in [1.54, 1.807) is 12.1 Å². The fourth-order valence-corrected chi connectivity index (χ4v) is 3.20. The van der Waals surface area contributed by atoms with E-state index in [9.17, 15) is 18.0 Å². The highest BCUT2D eigenvalue weighted by atomic mass is 19.3. The summed E-state index contributed by atoms with van der Waals surface area (Å²) in [5.41, 5.74) is 0.825. The summed E-state index contributed by atoms with van der Waals surface area (Å²) in [6.45, 7) is 1.14. The Labute approximate surface area is 127 Å². The molecule has 1 aromatic rings. The van der Waals surface area contributed by atoms with Crippen LogP contribution in [0.3, 0.4) is 0 Å². The number of likely N-dealkylation sites (tertiary alicyclic amines) is 1. The molecule has 0 aromatic heterocycles. The number of benzene rings is 1. The Balaban J connectivity index is 1.82. The van der Waals surface area contributed by atoms with Crippen LogP contribution in [0.25, 0.3) is 0 Å². The van der Waals surface area contributed by atoms with Crippen molar-refractivity contribution in [3.8, 4) is 0 Å². The molecule has 2 aliphatic heterocycles. The van der Waals surface area contributed by atoms with Crippen molar-refractivity contribution in [1.29, 1.82) is 0 Å². The van der Waals surface area contributed by atoms with Crippen LogP contribution in [0.5, 0.6) is 0 Å². The van der Waals surface area contributed by atoms with Gasteiger partial charge in [0.15, 0.2) is 0 Å². The number of piperidine rings is 1. The van der Waals surface area contributed by atoms with E-state index in [4.69, 9.17) is 0 Å². The maximum atomic E-state index is 14.0. The molecule has 6 heteroatoms. The smallest absolute Gasteiger partial charge is 0.267 e. The van der Waals surface area contributed by atoms with Gasteiger partial charge in [-0.3, -0.25) is 4.79 Å². The van der Waals surface area contributed by atoms with Crippen LogP contribution in [0.2, 0.25) is 0 Å². The zero-order valence-corrected chi connectivity index (χ0v) is 12.2. The minimum atomic E-state index is -2.86. The van der Waals surface area contributed by atoms with Crippen molar-refractivity contribution >= 4 is 5.91 Å². The average molecular weight is 312 g/mol. The van der Waals surface area contributed by atoms with Gasteiger partial charge in [-0.15, -0.1) is 0 Å². The van der Waals surface area contributed by atoms with Crippen molar-refractivity contribution in [2.24, 2.45) is 0 Å². The lowest BCUT2D eigenvalue weighted by Crippen LogP contribution is -2.32. The molecule has 2 fully saturated rings. The first-order valence-electron chi connectivity index (χ1n) is 7.63. The first kappa shape index (κ1) is 15.3. The number of carbonyl (C=O) groups is 1. The molecular formula is C16H19F3N2O. The Morgan fingerprint density at radius 3 is 2.64 bits per heavy atom. The van der Waals surface area contributed by atoms with Gasteiger partial charge in [0.2, 0.25) is 0 Å². The largest absolute Gasteiger partial charge is 0.332 e. The molecule has 2 heterocycles. The number of rotatable bonds is 2. The fourth-order valence-electron chi connectivity index (χ4n) is 3.20. The molecule has 1 amide bonds. The first-order chi connectivity index (χ1) is 10.5. The van der Waals surface area contributed by atoms with Crippen LogP contribution >= 0.6 is 0 Å². The van der Waals surface area contributed by atoms with Crippen molar-refractivity contribution < 1.29 is 18.0 Å². The second-order valence-corrected chi connectivity index (χ2v) is 6.10. The summed E-state index contributed by atoms with van der Waals surface area (Å²) in [6, 6.07) is 4.52. The fraction of sp³-hybridized carbons (Fsp3) is 0.562. The number of alkyl halides is 2. The average Bonchev–Trinajstić information content (AvgIpc) is 2.88. The van der Waals surface area contributed by atoms with Gasteiger partial charge in [-0.2, -0.15) is 0 Å². The second kappa shape index (κ2) is 5.91. The van der Waals surface area contributed by atoms with E-state index in [1.807, 2.05) is 0 Å². The normalized spacial score (nSPS) is 22.0. The predicted molar refractivity (Wildman–Crippen MR) is 76.7 cm³/mol. The van der Waals surface area contributed by atoms with Crippen LogP contribution in [-0.2, 0) is 0 Å². The minimum absolute atomic E-state index is 0.0250. The monoisotopic (exact) mass is 312 g/mol. The number of nitrogens with zero attached hydrogens (tertiary/aromatic N) is 1. The maximum Gasteiger partial charge on any atom is 0.267 e. The van der Waals surface area contributed by atoms with Crippen molar-refractivity contribution in [3.05, 3.63) is 35.1 Å². The number of hydrogen-bond donors (Lipinski definition) is 1. The summed E-state index contributed by atoms with van der Waals surface area (Å²) < 4.78 is 40.5. The standard InChI is InChI=1S/C16H19F3N2O/c17-14-2-1-12(11-3-6-20-7-4-11)9-13(14)15(22)21-8-5-16(18,19)10-21/h1-2,9,11,20H,3-8,10H2. The van der Waals surface area contributed by atoms with Crippen LogP contribution < -0.4 is 5.32 Å². The van der Waals surface area contributed by atoms with Crippen LogP contribution in [0.4, 0.5) is 13.2 Å². The van der Waals surface area contributed by atoms with E-state index in [1.165, 1.54) is 6.07 Å². The third-order valence-electron chi connectivity index (χ3n) is 4.49. The van der Waals surface area contributed by atoms with Crippen molar-refractivity contribution in [1.82, 2.24) is 10.2 Å². The van der Waals surface area contributed by atoms with E-state index < -0.39 is 24.2 Å². The van der Waals surface area contributed by atoms with Gasteiger partial charge in [0.25, 0.3) is 11.8 Å². The molecule has 22 heavy (non-hydrogen) atoms. The molecule has 3 nitrogen and oxygen atoms in total. The highest BCUT2D eigenvalue weighted by molar-refractivity contribution is 5.95. The Hall–Kier alpha value is -1.56. The number of amides is 1. The highest BCUT2D eigenvalue weighted by Gasteiger charge is 2.41. The summed E-state index contributed by atoms with van der Waals surface area (Å²) in [5, 5.41) is 3.25. The molecule has 1 aromatic carbocycles. The Morgan fingerprint density at radius 2 is 2.00 bits per heavy atom. The molecule has 3 rings (SSSR count). The lowest BCUT2D eigenvalue weighted by molar-refractivity contribution is 0.0119. The van der Waals surface area contributed by atoms with E-state index >= 15 is 0 Å². The van der Waals surface area contributed by atoms with Crippen LogP contribution in [0.1, 0.15) is 41.1 Å². The lowest BCUT2D eigenvalue weighted by Gasteiger charge is -2.24. The molecule has 0 radical (unpaired) electrons. The van der Waals surface area contributed by atoms with Crippen molar-refractivity contribution in [2.75, 3.05) is 26.2 Å². The zero-order chi connectivity index (χ0) is 15.7. The molecular weight excluding hydrogens is 293 g/mol.